The first-order chi connectivity index (χ1) is 9.41. The molecule has 110 valence electrons. The second-order valence-electron chi connectivity index (χ2n) is 5.84. The maximum Gasteiger partial charge on any atom is 0.230 e. The molecule has 0 bridgehead atoms. The zero-order valence-corrected chi connectivity index (χ0v) is 13.4. The third-order valence-corrected chi connectivity index (χ3v) is 4.58. The molecule has 20 heavy (non-hydrogen) atoms. The molecule has 1 aliphatic heterocycles. The van der Waals surface area contributed by atoms with Crippen LogP contribution in [0.2, 0.25) is 0 Å². The number of halogens is 2. The molecule has 1 aromatic rings. The minimum Gasteiger partial charge on any atom is -0.323 e. The Morgan fingerprint density at radius 2 is 2.25 bits per heavy atom. The van der Waals surface area contributed by atoms with Gasteiger partial charge in [-0.3, -0.25) is 4.79 Å². The molecule has 3 nitrogen and oxygen atoms in total. The molecule has 0 radical (unpaired) electrons. The molecule has 2 rings (SSSR count). The highest BCUT2D eigenvalue weighted by Gasteiger charge is 2.37. The maximum absolute atomic E-state index is 13.8. The van der Waals surface area contributed by atoms with Gasteiger partial charge in [0.15, 0.2) is 0 Å². The molecule has 1 amide bonds. The molecular weight excluding hydrogens is 323 g/mol. The molecule has 0 aromatic heterocycles. The van der Waals surface area contributed by atoms with Crippen molar-refractivity contribution in [2.24, 2.45) is 11.3 Å². The van der Waals surface area contributed by atoms with Crippen LogP contribution >= 0.6 is 15.9 Å². The molecule has 1 atom stereocenters. The lowest BCUT2D eigenvalue weighted by atomic mass is 9.74. The fourth-order valence-corrected chi connectivity index (χ4v) is 2.86. The number of hydrogen-bond donors (Lipinski definition) is 2. The zero-order valence-electron chi connectivity index (χ0n) is 11.8. The van der Waals surface area contributed by atoms with E-state index in [1.165, 1.54) is 6.07 Å². The van der Waals surface area contributed by atoms with E-state index in [2.05, 4.69) is 26.6 Å². The van der Waals surface area contributed by atoms with Crippen molar-refractivity contribution < 1.29 is 9.18 Å². The molecule has 1 fully saturated rings. The lowest BCUT2D eigenvalue weighted by Gasteiger charge is -2.36. The van der Waals surface area contributed by atoms with Crippen LogP contribution < -0.4 is 10.6 Å². The Labute approximate surface area is 127 Å². The Hall–Kier alpha value is -0.940. The van der Waals surface area contributed by atoms with Crippen LogP contribution in [0, 0.1) is 17.2 Å². The van der Waals surface area contributed by atoms with Crippen molar-refractivity contribution in [3.05, 3.63) is 28.5 Å². The molecule has 1 aromatic carbocycles. The van der Waals surface area contributed by atoms with E-state index >= 15 is 0 Å². The van der Waals surface area contributed by atoms with Crippen LogP contribution in [0.3, 0.4) is 0 Å². The van der Waals surface area contributed by atoms with Gasteiger partial charge in [-0.05, 0) is 50.0 Å². The molecule has 1 unspecified atom stereocenters. The summed E-state index contributed by atoms with van der Waals surface area (Å²) < 4.78 is 14.4. The summed E-state index contributed by atoms with van der Waals surface area (Å²) in [7, 11) is 0. The molecular formula is C15H20BrFN2O. The van der Waals surface area contributed by atoms with Gasteiger partial charge < -0.3 is 10.6 Å². The number of anilines is 1. The van der Waals surface area contributed by atoms with Crippen molar-refractivity contribution in [3.8, 4) is 0 Å². The average molecular weight is 343 g/mol. The lowest BCUT2D eigenvalue weighted by molar-refractivity contribution is -0.127. The van der Waals surface area contributed by atoms with E-state index < -0.39 is 11.2 Å². The predicted molar refractivity (Wildman–Crippen MR) is 82.1 cm³/mol. The Morgan fingerprint density at radius 1 is 1.50 bits per heavy atom. The van der Waals surface area contributed by atoms with Gasteiger partial charge in [-0.1, -0.05) is 29.8 Å². The molecule has 0 saturated carbocycles. The second-order valence-corrected chi connectivity index (χ2v) is 6.76. The monoisotopic (exact) mass is 342 g/mol. The van der Waals surface area contributed by atoms with E-state index in [0.717, 1.165) is 25.9 Å². The SMILES string of the molecule is CC(C)(C(=O)Nc1ccc(Br)cc1F)C1CCCNC1. The highest BCUT2D eigenvalue weighted by atomic mass is 79.9. The van der Waals surface area contributed by atoms with Crippen molar-refractivity contribution in [3.63, 3.8) is 0 Å². The van der Waals surface area contributed by atoms with E-state index in [1.807, 2.05) is 13.8 Å². The predicted octanol–water partition coefficient (Wildman–Crippen LogP) is 3.55. The first-order valence-corrected chi connectivity index (χ1v) is 7.68. The maximum atomic E-state index is 13.8. The van der Waals surface area contributed by atoms with E-state index in [-0.39, 0.29) is 17.5 Å². The van der Waals surface area contributed by atoms with Crippen LogP contribution in [0.1, 0.15) is 26.7 Å². The summed E-state index contributed by atoms with van der Waals surface area (Å²) in [5.74, 6) is -0.285. The summed E-state index contributed by atoms with van der Waals surface area (Å²) in [5, 5.41) is 6.03. The van der Waals surface area contributed by atoms with Crippen LogP contribution in [0.5, 0.6) is 0 Å². The number of benzene rings is 1. The van der Waals surface area contributed by atoms with E-state index in [4.69, 9.17) is 0 Å². The van der Waals surface area contributed by atoms with Crippen LogP contribution in [0.4, 0.5) is 10.1 Å². The Bertz CT molecular complexity index is 499. The molecule has 0 aliphatic carbocycles. The Kier molecular flexibility index (Phi) is 4.81. The van der Waals surface area contributed by atoms with Gasteiger partial charge in [0.1, 0.15) is 5.82 Å². The highest BCUT2D eigenvalue weighted by molar-refractivity contribution is 9.10. The number of piperidine rings is 1. The summed E-state index contributed by atoms with van der Waals surface area (Å²) in [4.78, 5) is 12.5. The number of carbonyl (C=O) groups is 1. The average Bonchev–Trinajstić information content (AvgIpc) is 2.42. The first-order valence-electron chi connectivity index (χ1n) is 6.88. The van der Waals surface area contributed by atoms with Crippen molar-refractivity contribution >= 4 is 27.5 Å². The third-order valence-electron chi connectivity index (χ3n) is 4.08. The minimum atomic E-state index is -0.521. The van der Waals surface area contributed by atoms with Gasteiger partial charge in [0.2, 0.25) is 5.91 Å². The Morgan fingerprint density at radius 3 is 2.85 bits per heavy atom. The van der Waals surface area contributed by atoms with Crippen molar-refractivity contribution in [1.29, 1.82) is 0 Å². The molecule has 1 saturated heterocycles. The van der Waals surface area contributed by atoms with Crippen LogP contribution in [-0.4, -0.2) is 19.0 Å². The van der Waals surface area contributed by atoms with Gasteiger partial charge >= 0.3 is 0 Å². The van der Waals surface area contributed by atoms with E-state index in [9.17, 15) is 9.18 Å². The smallest absolute Gasteiger partial charge is 0.230 e. The van der Waals surface area contributed by atoms with Gasteiger partial charge in [-0.25, -0.2) is 4.39 Å². The summed E-state index contributed by atoms with van der Waals surface area (Å²) in [6.45, 7) is 5.70. The summed E-state index contributed by atoms with van der Waals surface area (Å²) >= 11 is 3.20. The van der Waals surface area contributed by atoms with Crippen molar-refractivity contribution in [2.75, 3.05) is 18.4 Å². The van der Waals surface area contributed by atoms with Crippen LogP contribution in [-0.2, 0) is 4.79 Å². The van der Waals surface area contributed by atoms with Gasteiger partial charge in [-0.2, -0.15) is 0 Å². The quantitative estimate of drug-likeness (QED) is 0.881. The first kappa shape index (κ1) is 15.4. The van der Waals surface area contributed by atoms with E-state index in [0.29, 0.717) is 4.47 Å². The van der Waals surface area contributed by atoms with Crippen LogP contribution in [0.25, 0.3) is 0 Å². The van der Waals surface area contributed by atoms with Gasteiger partial charge in [0.05, 0.1) is 5.69 Å². The number of rotatable bonds is 3. The second kappa shape index (κ2) is 6.22. The van der Waals surface area contributed by atoms with Gasteiger partial charge in [-0.15, -0.1) is 0 Å². The normalized spacial score (nSPS) is 19.7. The number of nitrogens with one attached hydrogen (secondary N) is 2. The third kappa shape index (κ3) is 3.38. The highest BCUT2D eigenvalue weighted by Crippen LogP contribution is 2.33. The number of carbonyl (C=O) groups excluding carboxylic acids is 1. The van der Waals surface area contributed by atoms with Crippen LogP contribution in [0.15, 0.2) is 22.7 Å². The van der Waals surface area contributed by atoms with Crippen molar-refractivity contribution in [2.45, 2.75) is 26.7 Å². The number of hydrogen-bond acceptors (Lipinski definition) is 2. The fraction of sp³-hybridized carbons (Fsp3) is 0.533. The summed E-state index contributed by atoms with van der Waals surface area (Å²) in [5.41, 5.74) is -0.289. The van der Waals surface area contributed by atoms with Gasteiger partial charge in [0, 0.05) is 9.89 Å². The topological polar surface area (TPSA) is 41.1 Å². The largest absolute Gasteiger partial charge is 0.323 e. The van der Waals surface area contributed by atoms with Gasteiger partial charge in [0.25, 0.3) is 0 Å². The molecule has 1 heterocycles. The summed E-state index contributed by atoms with van der Waals surface area (Å²) in [6.07, 6.45) is 2.10. The molecule has 0 spiro atoms. The Balaban J connectivity index is 2.09. The lowest BCUT2D eigenvalue weighted by Crippen LogP contribution is -2.44. The fourth-order valence-electron chi connectivity index (χ4n) is 2.53. The molecule has 1 aliphatic rings. The standard InChI is InChI=1S/C15H20BrFN2O/c1-15(2,10-4-3-7-18-9-10)14(20)19-13-6-5-11(16)8-12(13)17/h5-6,8,10,18H,3-4,7,9H2,1-2H3,(H,19,20). The van der Waals surface area contributed by atoms with E-state index in [1.54, 1.807) is 12.1 Å². The minimum absolute atomic E-state index is 0.132. The van der Waals surface area contributed by atoms with Crippen molar-refractivity contribution in [1.82, 2.24) is 5.32 Å². The zero-order chi connectivity index (χ0) is 14.8. The summed E-state index contributed by atoms with van der Waals surface area (Å²) in [6, 6.07) is 4.64. The molecule has 2 N–H and O–H groups in total. The number of amides is 1. The molecule has 5 heteroatoms.